The summed E-state index contributed by atoms with van der Waals surface area (Å²) < 4.78 is 13.6. The topological polar surface area (TPSA) is 42.8 Å². The van der Waals surface area contributed by atoms with Gasteiger partial charge in [0, 0.05) is 76.7 Å². The number of aryl methyl sites for hydroxylation is 1. The highest BCUT2D eigenvalue weighted by molar-refractivity contribution is 5.04. The van der Waals surface area contributed by atoms with Crippen molar-refractivity contribution < 1.29 is 9.47 Å². The van der Waals surface area contributed by atoms with E-state index in [1.54, 1.807) is 0 Å². The number of likely N-dealkylation sites (tertiary alicyclic amines) is 1. The molecule has 4 heterocycles. The van der Waals surface area contributed by atoms with E-state index in [0.29, 0.717) is 18.1 Å². The average molecular weight is 320 g/mol. The molecule has 2 atom stereocenters. The highest BCUT2D eigenvalue weighted by atomic mass is 16.5. The normalized spacial score (nSPS) is 31.2. The molecule has 128 valence electrons. The second-order valence-electron chi connectivity index (χ2n) is 7.22. The van der Waals surface area contributed by atoms with Gasteiger partial charge in [0.05, 0.1) is 18.9 Å². The van der Waals surface area contributed by atoms with Crippen LogP contribution < -0.4 is 0 Å². The number of aromatic nitrogens is 2. The lowest BCUT2D eigenvalue weighted by Crippen LogP contribution is -2.39. The van der Waals surface area contributed by atoms with Gasteiger partial charge < -0.3 is 9.47 Å². The minimum Gasteiger partial charge on any atom is -0.381 e. The molecule has 0 aromatic carbocycles. The van der Waals surface area contributed by atoms with Crippen LogP contribution >= 0.6 is 0 Å². The third-order valence-electron chi connectivity index (χ3n) is 5.51. The first-order valence-electron chi connectivity index (χ1n) is 8.91. The van der Waals surface area contributed by atoms with Crippen molar-refractivity contribution in [3.8, 4) is 0 Å². The molecule has 6 heteroatoms. The maximum Gasteiger partial charge on any atom is 0.0755 e. The summed E-state index contributed by atoms with van der Waals surface area (Å²) in [4.78, 5) is 5.20. The lowest BCUT2D eigenvalue weighted by Gasteiger charge is -2.31. The van der Waals surface area contributed by atoms with E-state index in [9.17, 15) is 0 Å². The third kappa shape index (κ3) is 3.60. The molecule has 3 aliphatic rings. The van der Waals surface area contributed by atoms with Crippen LogP contribution in [0.1, 0.15) is 18.4 Å². The van der Waals surface area contributed by atoms with Crippen LogP contribution in [0.2, 0.25) is 0 Å². The lowest BCUT2D eigenvalue weighted by atomic mass is 10.1. The zero-order chi connectivity index (χ0) is 15.6. The molecule has 1 aromatic heterocycles. The van der Waals surface area contributed by atoms with Crippen LogP contribution in [0.5, 0.6) is 0 Å². The van der Waals surface area contributed by atoms with Gasteiger partial charge in [0.2, 0.25) is 0 Å². The number of rotatable bonds is 3. The smallest absolute Gasteiger partial charge is 0.0755 e. The predicted octanol–water partition coefficient (Wildman–Crippen LogP) is 0.732. The highest BCUT2D eigenvalue weighted by Gasteiger charge is 2.39. The van der Waals surface area contributed by atoms with E-state index in [1.807, 2.05) is 17.9 Å². The van der Waals surface area contributed by atoms with E-state index in [4.69, 9.17) is 9.47 Å². The van der Waals surface area contributed by atoms with Crippen LogP contribution in [0.3, 0.4) is 0 Å². The van der Waals surface area contributed by atoms with Crippen molar-refractivity contribution in [3.05, 3.63) is 18.0 Å². The quantitative estimate of drug-likeness (QED) is 0.821. The number of hydrogen-bond donors (Lipinski definition) is 0. The van der Waals surface area contributed by atoms with E-state index in [-0.39, 0.29) is 0 Å². The number of fused-ring (bicyclic) bond motifs is 1. The second-order valence-corrected chi connectivity index (χ2v) is 7.22. The maximum absolute atomic E-state index is 6.19. The maximum atomic E-state index is 6.19. The number of ether oxygens (including phenoxy) is 2. The summed E-state index contributed by atoms with van der Waals surface area (Å²) in [7, 11) is 1.98. The van der Waals surface area contributed by atoms with Crippen LogP contribution in [-0.4, -0.2) is 77.7 Å². The Morgan fingerprint density at radius 3 is 2.83 bits per heavy atom. The summed E-state index contributed by atoms with van der Waals surface area (Å²) in [5, 5.41) is 4.28. The van der Waals surface area contributed by atoms with Gasteiger partial charge >= 0.3 is 0 Å². The van der Waals surface area contributed by atoms with Gasteiger partial charge in [-0.1, -0.05) is 0 Å². The Kier molecular flexibility index (Phi) is 4.66. The van der Waals surface area contributed by atoms with E-state index >= 15 is 0 Å². The molecule has 3 aliphatic heterocycles. The molecular weight excluding hydrogens is 292 g/mol. The summed E-state index contributed by atoms with van der Waals surface area (Å²) in [5.41, 5.74) is 1.30. The van der Waals surface area contributed by atoms with Gasteiger partial charge in [-0.05, 0) is 12.8 Å². The van der Waals surface area contributed by atoms with Crippen molar-refractivity contribution in [1.82, 2.24) is 19.6 Å². The summed E-state index contributed by atoms with van der Waals surface area (Å²) in [6, 6.07) is 0.700. The molecule has 0 radical (unpaired) electrons. The fraction of sp³-hybridized carbons (Fsp3) is 0.824. The number of hydrogen-bond acceptors (Lipinski definition) is 5. The van der Waals surface area contributed by atoms with Crippen LogP contribution in [0, 0.1) is 5.92 Å². The molecule has 0 saturated carbocycles. The molecule has 1 aromatic rings. The van der Waals surface area contributed by atoms with Gasteiger partial charge in [-0.2, -0.15) is 5.10 Å². The van der Waals surface area contributed by atoms with Crippen LogP contribution in [0.25, 0.3) is 0 Å². The highest BCUT2D eigenvalue weighted by Crippen LogP contribution is 2.28. The third-order valence-corrected chi connectivity index (χ3v) is 5.51. The van der Waals surface area contributed by atoms with Crippen molar-refractivity contribution in [3.63, 3.8) is 0 Å². The van der Waals surface area contributed by atoms with Crippen molar-refractivity contribution in [2.45, 2.75) is 31.5 Å². The van der Waals surface area contributed by atoms with Gasteiger partial charge in [-0.3, -0.25) is 14.5 Å². The van der Waals surface area contributed by atoms with Crippen molar-refractivity contribution >= 4 is 0 Å². The Hall–Kier alpha value is -0.950. The average Bonchev–Trinajstić information content (AvgIpc) is 3.10. The monoisotopic (exact) mass is 320 g/mol. The Bertz CT molecular complexity index is 514. The molecule has 4 rings (SSSR count). The summed E-state index contributed by atoms with van der Waals surface area (Å²) >= 11 is 0. The van der Waals surface area contributed by atoms with Gasteiger partial charge in [0.1, 0.15) is 0 Å². The van der Waals surface area contributed by atoms with E-state index in [2.05, 4.69) is 21.1 Å². The minimum atomic E-state index is 0.414. The number of nitrogens with zero attached hydrogens (tertiary/aromatic N) is 4. The van der Waals surface area contributed by atoms with Crippen LogP contribution in [0.15, 0.2) is 12.4 Å². The zero-order valence-corrected chi connectivity index (χ0v) is 14.1. The SMILES string of the molecule is Cn1cc(CN2CCO[C@@H]3CN(C4CCOCC4)C[C@@H]3C2)cn1. The van der Waals surface area contributed by atoms with Crippen LogP contribution in [-0.2, 0) is 23.1 Å². The fourth-order valence-corrected chi connectivity index (χ4v) is 4.30. The summed E-state index contributed by atoms with van der Waals surface area (Å²) in [6.07, 6.45) is 6.87. The van der Waals surface area contributed by atoms with Crippen molar-refractivity contribution in [2.24, 2.45) is 13.0 Å². The van der Waals surface area contributed by atoms with Gasteiger partial charge in [0.25, 0.3) is 0 Å². The molecule has 0 amide bonds. The Labute approximate surface area is 138 Å². The van der Waals surface area contributed by atoms with Gasteiger partial charge in [0.15, 0.2) is 0 Å². The zero-order valence-electron chi connectivity index (χ0n) is 14.1. The second kappa shape index (κ2) is 6.89. The molecule has 3 saturated heterocycles. The molecule has 3 fully saturated rings. The van der Waals surface area contributed by atoms with E-state index in [1.165, 1.54) is 24.9 Å². The predicted molar refractivity (Wildman–Crippen MR) is 87.1 cm³/mol. The Balaban J connectivity index is 1.36. The largest absolute Gasteiger partial charge is 0.381 e. The van der Waals surface area contributed by atoms with Crippen molar-refractivity contribution in [1.29, 1.82) is 0 Å². The molecule has 0 unspecified atom stereocenters. The van der Waals surface area contributed by atoms with Crippen LogP contribution in [0.4, 0.5) is 0 Å². The van der Waals surface area contributed by atoms with E-state index < -0.39 is 0 Å². The van der Waals surface area contributed by atoms with Crippen molar-refractivity contribution in [2.75, 3.05) is 46.0 Å². The van der Waals surface area contributed by atoms with Gasteiger partial charge in [-0.15, -0.1) is 0 Å². The molecular formula is C17H28N4O2. The van der Waals surface area contributed by atoms with E-state index in [0.717, 1.165) is 46.0 Å². The molecule has 0 bridgehead atoms. The minimum absolute atomic E-state index is 0.414. The lowest BCUT2D eigenvalue weighted by molar-refractivity contribution is 0.0243. The Morgan fingerprint density at radius 1 is 1.17 bits per heavy atom. The first-order chi connectivity index (χ1) is 11.3. The summed E-state index contributed by atoms with van der Waals surface area (Å²) in [6.45, 7) is 8.13. The standard InChI is InChI=1S/C17H28N4O2/c1-19-9-14(8-18-19)10-20-4-7-23-17-13-21(12-15(17)11-20)16-2-5-22-6-3-16/h8-9,15-17H,2-7,10-13H2,1H3/t15-,17+/m0/s1. The molecule has 0 aliphatic carbocycles. The fourth-order valence-electron chi connectivity index (χ4n) is 4.30. The first-order valence-corrected chi connectivity index (χ1v) is 8.91. The Morgan fingerprint density at radius 2 is 2.04 bits per heavy atom. The summed E-state index contributed by atoms with van der Waals surface area (Å²) in [5.74, 6) is 0.636. The van der Waals surface area contributed by atoms with Gasteiger partial charge in [-0.25, -0.2) is 0 Å². The molecule has 23 heavy (non-hydrogen) atoms. The molecule has 0 spiro atoms. The molecule has 6 nitrogen and oxygen atoms in total. The molecule has 0 N–H and O–H groups in total. The first kappa shape index (κ1) is 15.6.